The molecule has 0 aliphatic carbocycles. The summed E-state index contributed by atoms with van der Waals surface area (Å²) < 4.78 is 29.3. The lowest BCUT2D eigenvalue weighted by Crippen LogP contribution is -2.53. The summed E-state index contributed by atoms with van der Waals surface area (Å²) in [4.78, 5) is 13.0. The molecule has 0 saturated heterocycles. The minimum Gasteiger partial charge on any atom is -0.507 e. The van der Waals surface area contributed by atoms with E-state index in [1.54, 1.807) is 38.1 Å². The van der Waals surface area contributed by atoms with E-state index in [-0.39, 0.29) is 23.1 Å². The van der Waals surface area contributed by atoms with Gasteiger partial charge in [-0.25, -0.2) is 8.61 Å². The number of para-hydroxylation sites is 1. The van der Waals surface area contributed by atoms with Crippen LogP contribution < -0.4 is 4.31 Å². The van der Waals surface area contributed by atoms with Gasteiger partial charge in [0, 0.05) is 6.04 Å². The van der Waals surface area contributed by atoms with E-state index in [1.807, 2.05) is 53.7 Å². The summed E-state index contributed by atoms with van der Waals surface area (Å²) in [5, 5.41) is 11.0. The fourth-order valence-corrected chi connectivity index (χ4v) is 5.86. The van der Waals surface area contributed by atoms with Crippen molar-refractivity contribution in [3.63, 3.8) is 0 Å². The van der Waals surface area contributed by atoms with Gasteiger partial charge in [-0.1, -0.05) is 53.7 Å². The fraction of sp³-hybridized carbons (Fsp3) is 0.480. The minimum atomic E-state index is -4.08. The van der Waals surface area contributed by atoms with Gasteiger partial charge in [0.25, 0.3) is 5.91 Å². The second-order valence-corrected chi connectivity index (χ2v) is 12.5. The van der Waals surface area contributed by atoms with Crippen LogP contribution in [0.5, 0.6) is 5.75 Å². The molecule has 0 saturated carbocycles. The summed E-state index contributed by atoms with van der Waals surface area (Å²) in [6.45, 7) is 15.6. The van der Waals surface area contributed by atoms with Crippen LogP contribution in [0.3, 0.4) is 0 Å². The Bertz CT molecular complexity index is 1120. The number of carbonyl (C=O) groups excluding carboxylic acids is 1. The highest BCUT2D eigenvalue weighted by Crippen LogP contribution is 2.41. The zero-order chi connectivity index (χ0) is 24.2. The average Bonchev–Trinajstić information content (AvgIpc) is 2.63. The number of benzene rings is 2. The van der Waals surface area contributed by atoms with Crippen LogP contribution in [0, 0.1) is 0 Å². The van der Waals surface area contributed by atoms with Gasteiger partial charge in [-0.3, -0.25) is 4.79 Å². The van der Waals surface area contributed by atoms with Crippen molar-refractivity contribution in [3.8, 4) is 5.75 Å². The normalized spacial score (nSPS) is 16.5. The molecule has 0 unspecified atom stereocenters. The Kier molecular flexibility index (Phi) is 5.88. The number of hydrogen-bond acceptors (Lipinski definition) is 4. The van der Waals surface area contributed by atoms with Crippen molar-refractivity contribution in [1.29, 1.82) is 0 Å². The van der Waals surface area contributed by atoms with E-state index in [2.05, 4.69) is 0 Å². The quantitative estimate of drug-likeness (QED) is 0.694. The zero-order valence-electron chi connectivity index (χ0n) is 20.2. The Morgan fingerprint density at radius 3 is 1.91 bits per heavy atom. The third-order valence-electron chi connectivity index (χ3n) is 5.71. The maximum Gasteiger partial charge on any atom is 0.329 e. The van der Waals surface area contributed by atoms with Gasteiger partial charge in [-0.05, 0) is 65.6 Å². The number of aromatic hydroxyl groups is 1. The summed E-state index contributed by atoms with van der Waals surface area (Å²) in [6, 6.07) is 10.0. The predicted molar refractivity (Wildman–Crippen MR) is 128 cm³/mol. The molecule has 2 aromatic rings. The number of phenols is 1. The second-order valence-electron chi connectivity index (χ2n) is 10.8. The Hall–Kier alpha value is -2.54. The van der Waals surface area contributed by atoms with Crippen molar-refractivity contribution >= 4 is 21.8 Å². The first kappa shape index (κ1) is 24.1. The van der Waals surface area contributed by atoms with Crippen molar-refractivity contribution < 1.29 is 18.3 Å². The van der Waals surface area contributed by atoms with Gasteiger partial charge in [-0.15, -0.1) is 0 Å². The summed E-state index contributed by atoms with van der Waals surface area (Å²) in [7, 11) is -4.08. The topological polar surface area (TPSA) is 77.9 Å². The number of fused-ring (bicyclic) bond motifs is 1. The second kappa shape index (κ2) is 7.80. The molecule has 7 heteroatoms. The zero-order valence-corrected chi connectivity index (χ0v) is 21.0. The van der Waals surface area contributed by atoms with Crippen LogP contribution in [0.2, 0.25) is 0 Å². The van der Waals surface area contributed by atoms with E-state index in [9.17, 15) is 18.3 Å². The molecule has 0 fully saturated rings. The van der Waals surface area contributed by atoms with Gasteiger partial charge in [0.2, 0.25) is 0 Å². The number of hydrogen-bond donors (Lipinski definition) is 1. The highest BCUT2D eigenvalue weighted by atomic mass is 32.2. The van der Waals surface area contributed by atoms with Crippen LogP contribution >= 0.6 is 0 Å². The molecule has 0 atom stereocenters. The molecule has 32 heavy (non-hydrogen) atoms. The summed E-state index contributed by atoms with van der Waals surface area (Å²) in [6.07, 6.45) is 0. The number of nitrogens with zero attached hydrogens (tertiary/aromatic N) is 2. The Labute approximate surface area is 192 Å². The van der Waals surface area contributed by atoms with Crippen molar-refractivity contribution in [1.82, 2.24) is 4.31 Å². The molecule has 6 nitrogen and oxygen atoms in total. The van der Waals surface area contributed by atoms with Gasteiger partial charge in [0.05, 0.1) is 17.8 Å². The first-order chi connectivity index (χ1) is 14.6. The van der Waals surface area contributed by atoms with Crippen molar-refractivity contribution in [2.75, 3.05) is 4.31 Å². The van der Waals surface area contributed by atoms with E-state index in [0.717, 1.165) is 21.0 Å². The van der Waals surface area contributed by atoms with Gasteiger partial charge < -0.3 is 5.11 Å². The van der Waals surface area contributed by atoms with E-state index < -0.39 is 22.2 Å². The van der Waals surface area contributed by atoms with Crippen molar-refractivity contribution in [3.05, 3.63) is 58.7 Å². The Morgan fingerprint density at radius 2 is 1.44 bits per heavy atom. The smallest absolute Gasteiger partial charge is 0.329 e. The number of rotatable bonds is 3. The van der Waals surface area contributed by atoms with E-state index in [0.29, 0.717) is 11.3 Å². The molecule has 1 heterocycles. The number of amides is 1. The van der Waals surface area contributed by atoms with Crippen LogP contribution in [0.15, 0.2) is 36.4 Å². The molecule has 0 bridgehead atoms. The van der Waals surface area contributed by atoms with Gasteiger partial charge in [-0.2, -0.15) is 8.42 Å². The summed E-state index contributed by atoms with van der Waals surface area (Å²) >= 11 is 0. The van der Waals surface area contributed by atoms with Gasteiger partial charge in [0.15, 0.2) is 0 Å². The highest BCUT2D eigenvalue weighted by molar-refractivity contribution is 7.91. The Morgan fingerprint density at radius 1 is 0.938 bits per heavy atom. The molecule has 174 valence electrons. The van der Waals surface area contributed by atoms with Gasteiger partial charge >= 0.3 is 10.2 Å². The maximum absolute atomic E-state index is 13.5. The van der Waals surface area contributed by atoms with E-state index >= 15 is 0 Å². The lowest BCUT2D eigenvalue weighted by atomic mass is 9.78. The summed E-state index contributed by atoms with van der Waals surface area (Å²) in [5.74, 6) is -0.266. The van der Waals surface area contributed by atoms with E-state index in [1.165, 1.54) is 4.31 Å². The molecule has 0 spiro atoms. The third kappa shape index (κ3) is 4.10. The monoisotopic (exact) mass is 458 g/mol. The highest BCUT2D eigenvalue weighted by Gasteiger charge is 2.43. The Balaban J connectivity index is 2.23. The standard InChI is InChI=1S/C25H34N2O4S/c1-16(2)27-23(29)18-11-9-10-12-21(18)26(32(27,30)31)15-17-13-19(24(3,4)5)22(28)20(14-17)25(6,7)8/h9-14,16,28H,15H2,1-8H3. The number of phenolic OH excluding ortho intramolecular Hbond substituents is 1. The van der Waals surface area contributed by atoms with Gasteiger partial charge in [0.1, 0.15) is 5.75 Å². The molecule has 0 radical (unpaired) electrons. The molecule has 1 amide bonds. The average molecular weight is 459 g/mol. The minimum absolute atomic E-state index is 0.0578. The molecule has 1 aliphatic rings. The number of carbonyl (C=O) groups is 1. The van der Waals surface area contributed by atoms with Crippen LogP contribution in [0.4, 0.5) is 5.69 Å². The van der Waals surface area contributed by atoms with E-state index in [4.69, 9.17) is 0 Å². The SMILES string of the molecule is CC(C)N1C(=O)c2ccccc2N(Cc2cc(C(C)(C)C)c(O)c(C(C)(C)C)c2)S1(=O)=O. The molecule has 0 aromatic heterocycles. The van der Waals surface area contributed by atoms with Crippen LogP contribution in [-0.4, -0.2) is 29.8 Å². The molecule has 2 aromatic carbocycles. The largest absolute Gasteiger partial charge is 0.507 e. The first-order valence-electron chi connectivity index (χ1n) is 10.9. The fourth-order valence-electron chi connectivity index (χ4n) is 4.09. The molecular weight excluding hydrogens is 424 g/mol. The molecular formula is C25H34N2O4S. The summed E-state index contributed by atoms with van der Waals surface area (Å²) in [5.41, 5.74) is 2.35. The third-order valence-corrected chi connectivity index (χ3v) is 7.68. The lowest BCUT2D eigenvalue weighted by Gasteiger charge is -2.39. The first-order valence-corrected chi connectivity index (χ1v) is 12.3. The number of anilines is 1. The van der Waals surface area contributed by atoms with Crippen LogP contribution in [-0.2, 0) is 27.6 Å². The predicted octanol–water partition coefficient (Wildman–Crippen LogP) is 5.10. The van der Waals surface area contributed by atoms with Crippen molar-refractivity contribution in [2.45, 2.75) is 78.8 Å². The maximum atomic E-state index is 13.5. The molecule has 1 N–H and O–H groups in total. The van der Waals surface area contributed by atoms with Crippen LogP contribution in [0.1, 0.15) is 82.4 Å². The molecule has 1 aliphatic heterocycles. The lowest BCUT2D eigenvalue weighted by molar-refractivity contribution is 0.0831. The van der Waals surface area contributed by atoms with Crippen molar-refractivity contribution in [2.24, 2.45) is 0 Å². The van der Waals surface area contributed by atoms with Crippen LogP contribution in [0.25, 0.3) is 0 Å². The molecule has 3 rings (SSSR count).